The second kappa shape index (κ2) is 15.2. The Kier molecular flexibility index (Phi) is 13.1. The van der Waals surface area contributed by atoms with Crippen molar-refractivity contribution in [1.82, 2.24) is 10.2 Å². The van der Waals surface area contributed by atoms with Crippen molar-refractivity contribution in [3.63, 3.8) is 0 Å². The van der Waals surface area contributed by atoms with Crippen molar-refractivity contribution in [3.05, 3.63) is 77.8 Å². The number of carbonyl (C=O) groups is 1. The van der Waals surface area contributed by atoms with Crippen LogP contribution < -0.4 is 5.32 Å². The maximum Gasteiger partial charge on any atom is 0.320 e. The lowest BCUT2D eigenvalue weighted by Crippen LogP contribution is -2.29. The molecule has 0 heterocycles. The predicted molar refractivity (Wildman–Crippen MR) is 132 cm³/mol. The minimum Gasteiger partial charge on any atom is -0.465 e. The van der Waals surface area contributed by atoms with Gasteiger partial charge in [-0.25, -0.2) is 0 Å². The van der Waals surface area contributed by atoms with Crippen LogP contribution in [0.4, 0.5) is 11.4 Å². The molecule has 0 atom stereocenters. The van der Waals surface area contributed by atoms with E-state index >= 15 is 0 Å². The minimum atomic E-state index is -0.452. The molecule has 0 fully saturated rings. The van der Waals surface area contributed by atoms with Crippen molar-refractivity contribution in [2.45, 2.75) is 19.8 Å². The number of likely N-dealkylation sites (N-methyl/N-ethyl adjacent to an activating group) is 2. The van der Waals surface area contributed by atoms with E-state index in [1.165, 1.54) is 12.1 Å². The van der Waals surface area contributed by atoms with E-state index in [1.54, 1.807) is 43.1 Å². The van der Waals surface area contributed by atoms with Gasteiger partial charge in [0.05, 0.1) is 23.0 Å². The first-order chi connectivity index (χ1) is 16.1. The highest BCUT2D eigenvalue weighted by Gasteiger charge is 2.16. The highest BCUT2D eigenvalue weighted by Crippen LogP contribution is 2.24. The van der Waals surface area contributed by atoms with Gasteiger partial charge < -0.3 is 10.1 Å². The number of hydrogen-bond acceptors (Lipinski definition) is 8. The Morgan fingerprint density at radius 1 is 1.00 bits per heavy atom. The van der Waals surface area contributed by atoms with Crippen molar-refractivity contribution >= 4 is 40.5 Å². The molecule has 0 aliphatic rings. The highest BCUT2D eigenvalue weighted by atomic mass is 35.5. The first kappa shape index (κ1) is 29.2. The molecule has 1 N–H and O–H groups in total. The lowest BCUT2D eigenvalue weighted by Gasteiger charge is -2.15. The van der Waals surface area contributed by atoms with Gasteiger partial charge in [0.1, 0.15) is 0 Å². The standard InChI is InChI=1S/C13H17ClN2O4.C9H11ClN2O2/c1-3-20-13(17)9-15(2)7-6-10-4-5-11(14)8-12(10)16(18)19;1-11-5-4-7-2-3-8(10)6-9(7)12(13)14/h4-5,8H,3,6-7,9H2,1-2H3;2-3,6,11H,4-5H2,1H3. The minimum absolute atomic E-state index is 0.00188. The fourth-order valence-corrected chi connectivity index (χ4v) is 3.25. The molecular formula is C22H28Cl2N4O6. The zero-order chi connectivity index (χ0) is 25.7. The summed E-state index contributed by atoms with van der Waals surface area (Å²) in [5.74, 6) is -0.305. The fourth-order valence-electron chi connectivity index (χ4n) is 2.91. The average molecular weight is 515 g/mol. The van der Waals surface area contributed by atoms with Crippen LogP contribution >= 0.6 is 23.2 Å². The molecule has 34 heavy (non-hydrogen) atoms. The van der Waals surface area contributed by atoms with E-state index in [0.717, 1.165) is 0 Å². The fraction of sp³-hybridized carbons (Fsp3) is 0.409. The lowest BCUT2D eigenvalue weighted by atomic mass is 10.1. The average Bonchev–Trinajstić information content (AvgIpc) is 2.77. The van der Waals surface area contributed by atoms with Crippen LogP contribution in [-0.4, -0.2) is 61.1 Å². The predicted octanol–water partition coefficient (Wildman–Crippen LogP) is 4.30. The van der Waals surface area contributed by atoms with Crippen LogP contribution in [0.1, 0.15) is 18.1 Å². The summed E-state index contributed by atoms with van der Waals surface area (Å²) in [7, 11) is 3.57. The molecule has 0 aliphatic heterocycles. The SMILES string of the molecule is CCOC(=O)CN(C)CCc1ccc(Cl)cc1[N+](=O)[O-].CNCCc1ccc(Cl)cc1[N+](=O)[O-]. The highest BCUT2D eigenvalue weighted by molar-refractivity contribution is 6.31. The Bertz CT molecular complexity index is 990. The molecule has 0 unspecified atom stereocenters. The molecular weight excluding hydrogens is 487 g/mol. The number of benzene rings is 2. The Balaban J connectivity index is 0.000000362. The van der Waals surface area contributed by atoms with Gasteiger partial charge in [-0.2, -0.15) is 0 Å². The zero-order valence-electron chi connectivity index (χ0n) is 19.3. The van der Waals surface area contributed by atoms with Crippen molar-refractivity contribution in [2.24, 2.45) is 0 Å². The smallest absolute Gasteiger partial charge is 0.320 e. The van der Waals surface area contributed by atoms with Gasteiger partial charge in [0.15, 0.2) is 0 Å². The largest absolute Gasteiger partial charge is 0.465 e. The Morgan fingerprint density at radius 2 is 1.50 bits per heavy atom. The third kappa shape index (κ3) is 10.4. The van der Waals surface area contributed by atoms with Crippen molar-refractivity contribution in [1.29, 1.82) is 0 Å². The molecule has 0 bridgehead atoms. The van der Waals surface area contributed by atoms with E-state index in [4.69, 9.17) is 27.9 Å². The normalized spacial score (nSPS) is 10.4. The summed E-state index contributed by atoms with van der Waals surface area (Å²) in [5.41, 5.74) is 1.39. The van der Waals surface area contributed by atoms with Crippen LogP contribution in [0.5, 0.6) is 0 Å². The number of hydrogen-bond donors (Lipinski definition) is 1. The lowest BCUT2D eigenvalue weighted by molar-refractivity contribution is -0.385. The van der Waals surface area contributed by atoms with E-state index in [-0.39, 0.29) is 23.9 Å². The maximum absolute atomic E-state index is 11.3. The van der Waals surface area contributed by atoms with E-state index in [0.29, 0.717) is 53.7 Å². The number of nitro groups is 2. The molecule has 186 valence electrons. The Labute approximate surface area is 208 Å². The molecule has 0 amide bonds. The van der Waals surface area contributed by atoms with Crippen molar-refractivity contribution in [2.75, 3.05) is 40.3 Å². The number of nitrogens with one attached hydrogen (secondary N) is 1. The van der Waals surface area contributed by atoms with Crippen LogP contribution in [0, 0.1) is 20.2 Å². The zero-order valence-corrected chi connectivity index (χ0v) is 20.8. The topological polar surface area (TPSA) is 128 Å². The Morgan fingerprint density at radius 3 is 1.94 bits per heavy atom. The molecule has 0 saturated heterocycles. The number of nitrogens with zero attached hydrogens (tertiary/aromatic N) is 3. The maximum atomic E-state index is 11.3. The summed E-state index contributed by atoms with van der Waals surface area (Å²) < 4.78 is 4.84. The van der Waals surface area contributed by atoms with Gasteiger partial charge in [0, 0.05) is 39.8 Å². The summed E-state index contributed by atoms with van der Waals surface area (Å²) in [5, 5.41) is 25.3. The summed E-state index contributed by atoms with van der Waals surface area (Å²) >= 11 is 11.4. The Hall–Kier alpha value is -2.79. The molecule has 10 nitrogen and oxygen atoms in total. The van der Waals surface area contributed by atoms with Gasteiger partial charge in [-0.1, -0.05) is 35.3 Å². The second-order valence-electron chi connectivity index (χ2n) is 7.21. The third-order valence-corrected chi connectivity index (χ3v) is 5.07. The first-order valence-electron chi connectivity index (χ1n) is 10.4. The van der Waals surface area contributed by atoms with Gasteiger partial charge in [-0.3, -0.25) is 29.9 Å². The van der Waals surface area contributed by atoms with Gasteiger partial charge in [0.2, 0.25) is 0 Å². The van der Waals surface area contributed by atoms with E-state index in [9.17, 15) is 25.0 Å². The molecule has 0 spiro atoms. The molecule has 0 radical (unpaired) electrons. The van der Waals surface area contributed by atoms with Gasteiger partial charge >= 0.3 is 5.97 Å². The van der Waals surface area contributed by atoms with Crippen molar-refractivity contribution < 1.29 is 19.4 Å². The monoisotopic (exact) mass is 514 g/mol. The second-order valence-corrected chi connectivity index (χ2v) is 8.08. The summed E-state index contributed by atoms with van der Waals surface area (Å²) in [6.07, 6.45) is 1.09. The number of nitro benzene ring substituents is 2. The van der Waals surface area contributed by atoms with Gasteiger partial charge in [-0.15, -0.1) is 0 Å². The van der Waals surface area contributed by atoms with Crippen LogP contribution in [0.25, 0.3) is 0 Å². The molecule has 2 aromatic rings. The number of esters is 1. The third-order valence-electron chi connectivity index (χ3n) is 4.60. The number of carbonyl (C=O) groups excluding carboxylic acids is 1. The van der Waals surface area contributed by atoms with Gasteiger partial charge in [0.25, 0.3) is 11.4 Å². The van der Waals surface area contributed by atoms with Crippen LogP contribution in [0.15, 0.2) is 36.4 Å². The molecule has 0 aliphatic carbocycles. The number of rotatable bonds is 11. The van der Waals surface area contributed by atoms with Crippen LogP contribution in [-0.2, 0) is 22.4 Å². The molecule has 0 saturated carbocycles. The van der Waals surface area contributed by atoms with Crippen molar-refractivity contribution in [3.8, 4) is 0 Å². The van der Waals surface area contributed by atoms with Gasteiger partial charge in [-0.05, 0) is 52.5 Å². The molecule has 2 aromatic carbocycles. The van der Waals surface area contributed by atoms with Crippen LogP contribution in [0.3, 0.4) is 0 Å². The summed E-state index contributed by atoms with van der Waals surface area (Å²) in [6, 6.07) is 9.33. The molecule has 2 rings (SSSR count). The summed E-state index contributed by atoms with van der Waals surface area (Å²) in [4.78, 5) is 33.8. The number of halogens is 2. The molecule has 12 heteroatoms. The number of ether oxygens (including phenoxy) is 1. The quantitative estimate of drug-likeness (QED) is 0.267. The molecule has 0 aromatic heterocycles. The first-order valence-corrected chi connectivity index (χ1v) is 11.2. The van der Waals surface area contributed by atoms with Crippen LogP contribution in [0.2, 0.25) is 10.0 Å². The van der Waals surface area contributed by atoms with E-state index in [1.807, 2.05) is 7.05 Å². The van der Waals surface area contributed by atoms with E-state index < -0.39 is 9.85 Å². The van der Waals surface area contributed by atoms with E-state index in [2.05, 4.69) is 5.32 Å². The summed E-state index contributed by atoms with van der Waals surface area (Å²) in [6.45, 7) is 3.48.